The van der Waals surface area contributed by atoms with E-state index in [1.165, 1.54) is 0 Å². The van der Waals surface area contributed by atoms with Crippen LogP contribution in [0.1, 0.15) is 33.3 Å². The Hall–Kier alpha value is -1.33. The first kappa shape index (κ1) is 17.0. The first-order valence-corrected chi connectivity index (χ1v) is 7.80. The molecule has 0 aromatic heterocycles. The van der Waals surface area contributed by atoms with Gasteiger partial charge in [0.15, 0.2) is 5.78 Å². The molecule has 120 valence electrons. The van der Waals surface area contributed by atoms with Crippen molar-refractivity contribution in [3.8, 4) is 11.5 Å². The fourth-order valence-corrected chi connectivity index (χ4v) is 3.19. The summed E-state index contributed by atoms with van der Waals surface area (Å²) in [5.74, 6) is 1.24. The van der Waals surface area contributed by atoms with Crippen molar-refractivity contribution >= 4 is 27.8 Å². The molecular formula is C17H21BrO4. The maximum Gasteiger partial charge on any atom is 0.192 e. The number of rotatable bonds is 3. The highest BCUT2D eigenvalue weighted by Gasteiger charge is 2.49. The molecular weight excluding hydrogens is 348 g/mol. The van der Waals surface area contributed by atoms with Gasteiger partial charge < -0.3 is 14.2 Å². The van der Waals surface area contributed by atoms with E-state index in [4.69, 9.17) is 14.2 Å². The quantitative estimate of drug-likeness (QED) is 0.756. The van der Waals surface area contributed by atoms with E-state index >= 15 is 0 Å². The van der Waals surface area contributed by atoms with E-state index in [2.05, 4.69) is 15.9 Å². The summed E-state index contributed by atoms with van der Waals surface area (Å²) in [5, 5.41) is 0. The van der Waals surface area contributed by atoms with Crippen molar-refractivity contribution < 1.29 is 19.0 Å². The van der Waals surface area contributed by atoms with Gasteiger partial charge in [0.2, 0.25) is 0 Å². The van der Waals surface area contributed by atoms with Crippen molar-refractivity contribution in [3.05, 3.63) is 27.7 Å². The Labute approximate surface area is 139 Å². The summed E-state index contributed by atoms with van der Waals surface area (Å²) in [6.45, 7) is 7.36. The lowest BCUT2D eigenvalue weighted by atomic mass is 9.90. The second-order valence-electron chi connectivity index (χ2n) is 6.23. The summed E-state index contributed by atoms with van der Waals surface area (Å²) in [6.07, 6.45) is 1.81. The van der Waals surface area contributed by atoms with Crippen LogP contribution in [-0.2, 0) is 9.53 Å². The van der Waals surface area contributed by atoms with Crippen LogP contribution in [0.4, 0.5) is 0 Å². The first-order chi connectivity index (χ1) is 10.1. The normalized spacial score (nSPS) is 21.2. The summed E-state index contributed by atoms with van der Waals surface area (Å²) in [5.41, 5.74) is -0.156. The maximum atomic E-state index is 12.6. The topological polar surface area (TPSA) is 44.8 Å². The molecule has 5 heteroatoms. The third-order valence-corrected chi connectivity index (χ3v) is 4.21. The van der Waals surface area contributed by atoms with E-state index in [1.807, 2.05) is 26.0 Å². The first-order valence-electron chi connectivity index (χ1n) is 7.01. The van der Waals surface area contributed by atoms with Crippen molar-refractivity contribution in [3.63, 3.8) is 0 Å². The average Bonchev–Trinajstić information content (AvgIpc) is 2.57. The number of ketones is 1. The molecule has 0 unspecified atom stereocenters. The highest BCUT2D eigenvalue weighted by atomic mass is 79.9. The van der Waals surface area contributed by atoms with Crippen molar-refractivity contribution in [2.24, 2.45) is 0 Å². The van der Waals surface area contributed by atoms with Crippen molar-refractivity contribution in [2.45, 2.75) is 38.9 Å². The van der Waals surface area contributed by atoms with Crippen LogP contribution in [0.25, 0.3) is 6.08 Å². The fraction of sp³-hybridized carbons (Fsp3) is 0.471. The molecule has 0 radical (unpaired) electrons. The molecule has 0 bridgehead atoms. The van der Waals surface area contributed by atoms with E-state index < -0.39 is 11.2 Å². The van der Waals surface area contributed by atoms with Crippen LogP contribution >= 0.6 is 15.9 Å². The lowest BCUT2D eigenvalue weighted by Gasteiger charge is -2.22. The minimum Gasteiger partial charge on any atom is -0.496 e. The molecule has 1 saturated heterocycles. The Morgan fingerprint density at radius 2 is 1.55 bits per heavy atom. The molecule has 1 aliphatic heterocycles. The summed E-state index contributed by atoms with van der Waals surface area (Å²) in [7, 11) is 3.18. The van der Waals surface area contributed by atoms with Gasteiger partial charge in [-0.2, -0.15) is 0 Å². The Bertz CT molecular complexity index is 619. The van der Waals surface area contributed by atoms with E-state index in [-0.39, 0.29) is 5.78 Å². The molecule has 4 nitrogen and oxygen atoms in total. The number of hydrogen-bond donors (Lipinski definition) is 0. The number of carbonyl (C=O) groups excluding carboxylic acids is 1. The summed E-state index contributed by atoms with van der Waals surface area (Å²) < 4.78 is 17.6. The van der Waals surface area contributed by atoms with Crippen molar-refractivity contribution in [2.75, 3.05) is 14.2 Å². The third-order valence-electron chi connectivity index (χ3n) is 3.75. The number of benzene rings is 1. The van der Waals surface area contributed by atoms with Crippen LogP contribution < -0.4 is 9.47 Å². The van der Waals surface area contributed by atoms with Gasteiger partial charge in [0.05, 0.1) is 25.4 Å². The van der Waals surface area contributed by atoms with Crippen LogP contribution in [0.15, 0.2) is 22.2 Å². The van der Waals surface area contributed by atoms with Crippen molar-refractivity contribution in [1.29, 1.82) is 0 Å². The average molecular weight is 369 g/mol. The molecule has 1 aromatic carbocycles. The SMILES string of the molecule is COc1cc(Br)cc(OC)c1/C=C1/C(=O)C(C)(C)OC1(C)C. The van der Waals surface area contributed by atoms with Crippen LogP contribution in [0.5, 0.6) is 11.5 Å². The van der Waals surface area contributed by atoms with E-state index in [1.54, 1.807) is 34.1 Å². The standard InChI is InChI=1S/C17H21BrO4/c1-16(2)12(15(19)17(3,4)22-16)9-11-13(20-5)7-10(18)8-14(11)21-6/h7-9H,1-6H3/b12-9-. The van der Waals surface area contributed by atoms with Gasteiger partial charge in [-0.05, 0) is 45.9 Å². The second kappa shape index (κ2) is 5.70. The number of carbonyl (C=O) groups is 1. The Kier molecular flexibility index (Phi) is 4.42. The number of halogens is 1. The van der Waals surface area contributed by atoms with Gasteiger partial charge in [0, 0.05) is 10.0 Å². The molecule has 0 atom stereocenters. The monoisotopic (exact) mass is 368 g/mol. The molecule has 0 N–H and O–H groups in total. The number of methoxy groups -OCH3 is 2. The van der Waals surface area contributed by atoms with Crippen LogP contribution in [-0.4, -0.2) is 31.2 Å². The number of Topliss-reactive ketones (excluding diaryl/α,β-unsaturated/α-hetero) is 1. The minimum absolute atomic E-state index is 0.0236. The molecule has 0 amide bonds. The van der Waals surface area contributed by atoms with Gasteiger partial charge >= 0.3 is 0 Å². The molecule has 1 aromatic rings. The Morgan fingerprint density at radius 3 is 1.91 bits per heavy atom. The van der Waals surface area contributed by atoms with Crippen molar-refractivity contribution in [1.82, 2.24) is 0 Å². The zero-order valence-electron chi connectivity index (χ0n) is 13.7. The van der Waals surface area contributed by atoms with E-state index in [9.17, 15) is 4.79 Å². The maximum absolute atomic E-state index is 12.6. The zero-order chi connectivity index (χ0) is 16.7. The second-order valence-corrected chi connectivity index (χ2v) is 7.15. The molecule has 0 aliphatic carbocycles. The summed E-state index contributed by atoms with van der Waals surface area (Å²) >= 11 is 3.42. The fourth-order valence-electron chi connectivity index (χ4n) is 2.77. The van der Waals surface area contributed by atoms with Gasteiger partial charge in [-0.3, -0.25) is 4.79 Å². The molecule has 2 rings (SSSR count). The molecule has 1 fully saturated rings. The zero-order valence-corrected chi connectivity index (χ0v) is 15.3. The van der Waals surface area contributed by atoms with Gasteiger partial charge in [-0.25, -0.2) is 0 Å². The lowest BCUT2D eigenvalue weighted by Crippen LogP contribution is -2.29. The lowest BCUT2D eigenvalue weighted by molar-refractivity contribution is -0.132. The summed E-state index contributed by atoms with van der Waals surface area (Å²) in [4.78, 5) is 12.6. The van der Waals surface area contributed by atoms with Gasteiger partial charge in [-0.1, -0.05) is 15.9 Å². The summed E-state index contributed by atoms with van der Waals surface area (Å²) in [6, 6.07) is 3.68. The molecule has 0 saturated carbocycles. The Morgan fingerprint density at radius 1 is 1.05 bits per heavy atom. The predicted molar refractivity (Wildman–Crippen MR) is 89.5 cm³/mol. The molecule has 1 aliphatic rings. The van der Waals surface area contributed by atoms with Gasteiger partial charge in [0.25, 0.3) is 0 Å². The van der Waals surface area contributed by atoms with E-state index in [0.717, 1.165) is 10.0 Å². The van der Waals surface area contributed by atoms with Crippen LogP contribution in [0, 0.1) is 0 Å². The predicted octanol–water partition coefficient (Wildman–Crippen LogP) is 4.01. The molecule has 1 heterocycles. The number of ether oxygens (including phenoxy) is 3. The van der Waals surface area contributed by atoms with Crippen LogP contribution in [0.3, 0.4) is 0 Å². The third kappa shape index (κ3) is 2.92. The largest absolute Gasteiger partial charge is 0.496 e. The van der Waals surface area contributed by atoms with E-state index in [0.29, 0.717) is 17.1 Å². The highest BCUT2D eigenvalue weighted by molar-refractivity contribution is 9.10. The highest BCUT2D eigenvalue weighted by Crippen LogP contribution is 2.42. The van der Waals surface area contributed by atoms with Crippen LogP contribution in [0.2, 0.25) is 0 Å². The number of hydrogen-bond acceptors (Lipinski definition) is 4. The smallest absolute Gasteiger partial charge is 0.192 e. The minimum atomic E-state index is -0.828. The van der Waals surface area contributed by atoms with Gasteiger partial charge in [0.1, 0.15) is 17.1 Å². The molecule has 0 spiro atoms. The van der Waals surface area contributed by atoms with Gasteiger partial charge in [-0.15, -0.1) is 0 Å². The Balaban J connectivity index is 2.65. The molecule has 22 heavy (non-hydrogen) atoms.